The van der Waals surface area contributed by atoms with E-state index in [1.165, 1.54) is 0 Å². The summed E-state index contributed by atoms with van der Waals surface area (Å²) in [5.74, 6) is 1.21. The summed E-state index contributed by atoms with van der Waals surface area (Å²) in [5.41, 5.74) is 2.01. The summed E-state index contributed by atoms with van der Waals surface area (Å²) in [5, 5.41) is 7.95. The van der Waals surface area contributed by atoms with Crippen LogP contribution in [0.2, 0.25) is 5.02 Å². The monoisotopic (exact) mass is 367 g/mol. The second-order valence-corrected chi connectivity index (χ2v) is 6.68. The van der Waals surface area contributed by atoms with Gasteiger partial charge < -0.3 is 10.1 Å². The minimum absolute atomic E-state index is 0.0691. The molecule has 2 heterocycles. The Morgan fingerprint density at radius 1 is 1.19 bits per heavy atom. The highest BCUT2D eigenvalue weighted by Crippen LogP contribution is 2.27. The highest BCUT2D eigenvalue weighted by atomic mass is 35.5. The maximum absolute atomic E-state index is 12.7. The van der Waals surface area contributed by atoms with Crippen LogP contribution >= 0.6 is 11.6 Å². The van der Waals surface area contributed by atoms with Gasteiger partial charge in [-0.15, -0.1) is 0 Å². The number of carbonyl (C=O) groups is 1. The molecule has 1 aromatic heterocycles. The lowest BCUT2D eigenvalue weighted by molar-refractivity contribution is -0.121. The third-order valence-electron chi connectivity index (χ3n) is 4.50. The first kappa shape index (κ1) is 16.7. The number of anilines is 1. The summed E-state index contributed by atoms with van der Waals surface area (Å²) >= 11 is 6.22. The van der Waals surface area contributed by atoms with Crippen LogP contribution in [0.25, 0.3) is 0 Å². The zero-order valence-electron chi connectivity index (χ0n) is 14.1. The van der Waals surface area contributed by atoms with Crippen LogP contribution in [0, 0.1) is 5.92 Å². The first-order valence-electron chi connectivity index (χ1n) is 8.47. The second-order valence-electron chi connectivity index (χ2n) is 6.27. The van der Waals surface area contributed by atoms with Gasteiger partial charge in [0, 0.05) is 11.1 Å². The first-order valence-corrected chi connectivity index (χ1v) is 8.85. The average molecular weight is 368 g/mol. The summed E-state index contributed by atoms with van der Waals surface area (Å²) < 4.78 is 7.45. The number of nitrogens with zero attached hydrogens (tertiary/aromatic N) is 2. The van der Waals surface area contributed by atoms with Crippen LogP contribution in [0.5, 0.6) is 5.75 Å². The molecular weight excluding hydrogens is 350 g/mol. The van der Waals surface area contributed by atoms with Gasteiger partial charge >= 0.3 is 0 Å². The van der Waals surface area contributed by atoms with Crippen molar-refractivity contribution in [1.82, 2.24) is 9.78 Å². The molecule has 0 bridgehead atoms. The number of halogens is 1. The Kier molecular flexibility index (Phi) is 4.63. The van der Waals surface area contributed by atoms with Crippen LogP contribution in [-0.2, 0) is 17.8 Å². The van der Waals surface area contributed by atoms with Gasteiger partial charge in [-0.1, -0.05) is 48.0 Å². The molecule has 26 heavy (non-hydrogen) atoms. The van der Waals surface area contributed by atoms with E-state index in [-0.39, 0.29) is 11.8 Å². The van der Waals surface area contributed by atoms with Crippen molar-refractivity contribution in [2.45, 2.75) is 13.0 Å². The Hall–Kier alpha value is -2.79. The van der Waals surface area contributed by atoms with Crippen molar-refractivity contribution in [2.75, 3.05) is 11.9 Å². The van der Waals surface area contributed by atoms with E-state index in [0.29, 0.717) is 30.4 Å². The molecule has 1 atom stereocenters. The third-order valence-corrected chi connectivity index (χ3v) is 4.86. The highest BCUT2D eigenvalue weighted by Gasteiger charge is 2.26. The van der Waals surface area contributed by atoms with Crippen molar-refractivity contribution < 1.29 is 9.53 Å². The number of amides is 1. The number of fused-ring (bicyclic) bond motifs is 1. The molecule has 1 unspecified atom stereocenters. The Balaban J connectivity index is 1.46. The van der Waals surface area contributed by atoms with Crippen molar-refractivity contribution in [1.29, 1.82) is 0 Å². The van der Waals surface area contributed by atoms with Crippen LogP contribution in [0.4, 0.5) is 5.82 Å². The Morgan fingerprint density at radius 2 is 2.00 bits per heavy atom. The van der Waals surface area contributed by atoms with Crippen LogP contribution in [0.3, 0.4) is 0 Å². The normalized spacial score (nSPS) is 15.8. The average Bonchev–Trinajstić information content (AvgIpc) is 3.10. The van der Waals surface area contributed by atoms with Crippen LogP contribution in [0.15, 0.2) is 60.8 Å². The van der Waals surface area contributed by atoms with Gasteiger partial charge in [0.1, 0.15) is 18.2 Å². The Bertz CT molecular complexity index is 938. The minimum atomic E-state index is -0.228. The zero-order chi connectivity index (χ0) is 17.9. The molecule has 5 nitrogen and oxygen atoms in total. The Labute approximate surface area is 156 Å². The first-order chi connectivity index (χ1) is 12.7. The van der Waals surface area contributed by atoms with Gasteiger partial charge in [0.25, 0.3) is 0 Å². The molecular formula is C20H18ClN3O2. The molecule has 0 saturated carbocycles. The molecule has 0 aliphatic carbocycles. The van der Waals surface area contributed by atoms with Gasteiger partial charge in [0.05, 0.1) is 18.7 Å². The lowest BCUT2D eigenvalue weighted by Gasteiger charge is -2.24. The molecule has 0 radical (unpaired) electrons. The topological polar surface area (TPSA) is 56.2 Å². The maximum atomic E-state index is 12.7. The van der Waals surface area contributed by atoms with Crippen molar-refractivity contribution in [3.63, 3.8) is 0 Å². The molecule has 1 aliphatic rings. The molecule has 1 N–H and O–H groups in total. The number of hydrogen-bond acceptors (Lipinski definition) is 3. The van der Waals surface area contributed by atoms with Crippen molar-refractivity contribution in [2.24, 2.45) is 5.92 Å². The van der Waals surface area contributed by atoms with Gasteiger partial charge in [-0.25, -0.2) is 4.68 Å². The van der Waals surface area contributed by atoms with Crippen LogP contribution < -0.4 is 10.1 Å². The molecule has 4 rings (SSSR count). The van der Waals surface area contributed by atoms with E-state index in [1.54, 1.807) is 16.9 Å². The predicted molar refractivity (Wildman–Crippen MR) is 101 cm³/mol. The number of aromatic nitrogens is 2. The molecule has 0 saturated heterocycles. The van der Waals surface area contributed by atoms with Gasteiger partial charge in [-0.3, -0.25) is 4.79 Å². The van der Waals surface area contributed by atoms with E-state index >= 15 is 0 Å². The fourth-order valence-corrected chi connectivity index (χ4v) is 3.27. The fourth-order valence-electron chi connectivity index (χ4n) is 3.08. The number of para-hydroxylation sites is 1. The fraction of sp³-hybridized carbons (Fsp3) is 0.200. The van der Waals surface area contributed by atoms with Gasteiger partial charge in [-0.2, -0.15) is 5.10 Å². The molecule has 1 amide bonds. The number of carbonyl (C=O) groups excluding carboxylic acids is 1. The third kappa shape index (κ3) is 3.44. The van der Waals surface area contributed by atoms with E-state index in [0.717, 1.165) is 16.9 Å². The maximum Gasteiger partial charge on any atom is 0.232 e. The molecule has 1 aliphatic heterocycles. The van der Waals surface area contributed by atoms with E-state index in [2.05, 4.69) is 10.4 Å². The number of rotatable bonds is 4. The van der Waals surface area contributed by atoms with E-state index in [9.17, 15) is 4.79 Å². The lowest BCUT2D eigenvalue weighted by Crippen LogP contribution is -2.33. The number of hydrogen-bond donors (Lipinski definition) is 1. The van der Waals surface area contributed by atoms with Crippen molar-refractivity contribution in [3.8, 4) is 5.75 Å². The highest BCUT2D eigenvalue weighted by molar-refractivity contribution is 6.31. The number of benzene rings is 2. The quantitative estimate of drug-likeness (QED) is 0.763. The van der Waals surface area contributed by atoms with Gasteiger partial charge in [0.2, 0.25) is 5.91 Å². The summed E-state index contributed by atoms with van der Waals surface area (Å²) in [6, 6.07) is 17.2. The largest absolute Gasteiger partial charge is 0.492 e. The summed E-state index contributed by atoms with van der Waals surface area (Å²) in [7, 11) is 0. The minimum Gasteiger partial charge on any atom is -0.492 e. The zero-order valence-corrected chi connectivity index (χ0v) is 14.8. The number of nitrogens with one attached hydrogen (secondary N) is 1. The van der Waals surface area contributed by atoms with E-state index in [4.69, 9.17) is 16.3 Å². The van der Waals surface area contributed by atoms with E-state index < -0.39 is 0 Å². The van der Waals surface area contributed by atoms with Crippen molar-refractivity contribution in [3.05, 3.63) is 76.9 Å². The predicted octanol–water partition coefficient (Wildman–Crippen LogP) is 3.77. The molecule has 2 aromatic carbocycles. The smallest absolute Gasteiger partial charge is 0.232 e. The molecule has 3 aromatic rings. The summed E-state index contributed by atoms with van der Waals surface area (Å²) in [6.45, 7) is 0.869. The molecule has 6 heteroatoms. The van der Waals surface area contributed by atoms with E-state index in [1.807, 2.05) is 48.5 Å². The van der Waals surface area contributed by atoms with Crippen LogP contribution in [-0.4, -0.2) is 22.3 Å². The Morgan fingerprint density at radius 3 is 2.88 bits per heavy atom. The standard InChI is InChI=1S/C20H18ClN3O2/c21-17-7-3-1-6-15(17)12-24-19(9-10-22-24)23-20(25)16-11-14-5-2-4-8-18(14)26-13-16/h1-10,16H,11-13H2,(H,23,25). The van der Waals surface area contributed by atoms with Gasteiger partial charge in [0.15, 0.2) is 0 Å². The summed E-state index contributed by atoms with van der Waals surface area (Å²) in [4.78, 5) is 12.7. The lowest BCUT2D eigenvalue weighted by atomic mass is 9.96. The molecule has 0 spiro atoms. The SMILES string of the molecule is O=C(Nc1ccnn1Cc1ccccc1Cl)C1COc2ccccc2C1. The second kappa shape index (κ2) is 7.22. The molecule has 0 fully saturated rings. The van der Waals surface area contributed by atoms with Crippen molar-refractivity contribution >= 4 is 23.3 Å². The van der Waals surface area contributed by atoms with Crippen LogP contribution in [0.1, 0.15) is 11.1 Å². The number of ether oxygens (including phenoxy) is 1. The van der Waals surface area contributed by atoms with Gasteiger partial charge in [-0.05, 0) is 29.7 Å². The summed E-state index contributed by atoms with van der Waals surface area (Å²) in [6.07, 6.45) is 2.33. The molecule has 132 valence electrons.